The molecule has 1 unspecified atom stereocenters. The van der Waals surface area contributed by atoms with Crippen molar-refractivity contribution in [3.63, 3.8) is 0 Å². The van der Waals surface area contributed by atoms with Crippen LogP contribution in [0.5, 0.6) is 0 Å². The molecule has 1 amide bonds. The smallest absolute Gasteiger partial charge is 0.269 e. The van der Waals surface area contributed by atoms with E-state index < -0.39 is 4.92 Å². The molecule has 3 aromatic rings. The molecule has 0 aliphatic carbocycles. The number of benzene rings is 3. The van der Waals surface area contributed by atoms with E-state index in [2.05, 4.69) is 15.1 Å². The fraction of sp³-hybridized carbons (Fsp3) is 0.208. The Labute approximate surface area is 181 Å². The van der Waals surface area contributed by atoms with E-state index in [0.29, 0.717) is 13.1 Å². The summed E-state index contributed by atoms with van der Waals surface area (Å²) in [6.45, 7) is 2.89. The predicted octanol–water partition coefficient (Wildman–Crippen LogP) is 4.10. The number of non-ortho nitro benzene ring substituents is 1. The zero-order valence-corrected chi connectivity index (χ0v) is 17.1. The van der Waals surface area contributed by atoms with E-state index in [9.17, 15) is 14.9 Å². The topological polar surface area (TPSA) is 78.7 Å². The summed E-state index contributed by atoms with van der Waals surface area (Å²) < 4.78 is 0. The molecular formula is C24H24N4O3. The van der Waals surface area contributed by atoms with Gasteiger partial charge >= 0.3 is 0 Å². The standard InChI is InChI=1S/C24H24N4O3/c29-24(25-20-9-5-2-6-10-20)23(19-7-3-1-4-8-19)27-17-15-26(16-18-27)21-11-13-22(14-12-21)28(30)31/h1-14,23H,15-18H2,(H,25,29). The molecule has 7 heteroatoms. The molecular weight excluding hydrogens is 392 g/mol. The van der Waals surface area contributed by atoms with Gasteiger partial charge in [0, 0.05) is 49.7 Å². The van der Waals surface area contributed by atoms with Crippen molar-refractivity contribution in [3.05, 3.63) is 101 Å². The molecule has 1 N–H and O–H groups in total. The summed E-state index contributed by atoms with van der Waals surface area (Å²) in [5.74, 6) is -0.0545. The molecule has 1 aliphatic rings. The minimum Gasteiger partial charge on any atom is -0.369 e. The van der Waals surface area contributed by atoms with Crippen LogP contribution in [-0.2, 0) is 4.79 Å². The maximum atomic E-state index is 13.2. The molecule has 1 fully saturated rings. The summed E-state index contributed by atoms with van der Waals surface area (Å²) in [4.78, 5) is 28.1. The summed E-state index contributed by atoms with van der Waals surface area (Å²) in [6.07, 6.45) is 0. The Hall–Kier alpha value is -3.71. The van der Waals surface area contributed by atoms with Crippen molar-refractivity contribution in [2.24, 2.45) is 0 Å². The maximum Gasteiger partial charge on any atom is 0.269 e. The number of para-hydroxylation sites is 1. The minimum atomic E-state index is -0.391. The van der Waals surface area contributed by atoms with Gasteiger partial charge in [0.15, 0.2) is 0 Å². The molecule has 1 atom stereocenters. The highest BCUT2D eigenvalue weighted by molar-refractivity contribution is 5.95. The Morgan fingerprint density at radius 3 is 2.00 bits per heavy atom. The van der Waals surface area contributed by atoms with Crippen LogP contribution in [0.4, 0.5) is 17.1 Å². The summed E-state index contributed by atoms with van der Waals surface area (Å²) in [5, 5.41) is 13.9. The van der Waals surface area contributed by atoms with Gasteiger partial charge in [-0.2, -0.15) is 0 Å². The van der Waals surface area contributed by atoms with Crippen molar-refractivity contribution in [1.82, 2.24) is 4.90 Å². The Balaban J connectivity index is 1.48. The van der Waals surface area contributed by atoms with E-state index in [1.165, 1.54) is 12.1 Å². The number of piperazine rings is 1. The molecule has 158 valence electrons. The van der Waals surface area contributed by atoms with Gasteiger partial charge in [-0.15, -0.1) is 0 Å². The van der Waals surface area contributed by atoms with Crippen molar-refractivity contribution in [1.29, 1.82) is 0 Å². The van der Waals surface area contributed by atoms with Crippen LogP contribution in [0.15, 0.2) is 84.9 Å². The van der Waals surface area contributed by atoms with Gasteiger partial charge in [0.05, 0.1) is 4.92 Å². The third kappa shape index (κ3) is 4.90. The van der Waals surface area contributed by atoms with Crippen LogP contribution in [0.25, 0.3) is 0 Å². The van der Waals surface area contributed by atoms with Gasteiger partial charge in [-0.3, -0.25) is 19.8 Å². The average Bonchev–Trinajstić information content (AvgIpc) is 2.81. The van der Waals surface area contributed by atoms with E-state index in [1.807, 2.05) is 60.7 Å². The third-order valence-corrected chi connectivity index (χ3v) is 5.51. The van der Waals surface area contributed by atoms with Crippen molar-refractivity contribution < 1.29 is 9.72 Å². The number of carbonyl (C=O) groups is 1. The highest BCUT2D eigenvalue weighted by Gasteiger charge is 2.30. The van der Waals surface area contributed by atoms with Gasteiger partial charge in [0.2, 0.25) is 5.91 Å². The second-order valence-corrected chi connectivity index (χ2v) is 7.47. The summed E-state index contributed by atoms with van der Waals surface area (Å²) in [7, 11) is 0. The highest BCUT2D eigenvalue weighted by atomic mass is 16.6. The first-order valence-electron chi connectivity index (χ1n) is 10.3. The van der Waals surface area contributed by atoms with E-state index in [0.717, 1.165) is 30.0 Å². The largest absolute Gasteiger partial charge is 0.369 e. The first kappa shape index (κ1) is 20.6. The molecule has 1 aliphatic heterocycles. The number of hydrogen-bond donors (Lipinski definition) is 1. The van der Waals surface area contributed by atoms with Gasteiger partial charge in [0.1, 0.15) is 6.04 Å². The quantitative estimate of drug-likeness (QED) is 0.484. The number of hydrogen-bond acceptors (Lipinski definition) is 5. The van der Waals surface area contributed by atoms with Crippen LogP contribution in [0.1, 0.15) is 11.6 Å². The molecule has 1 heterocycles. The first-order chi connectivity index (χ1) is 15.1. The number of nitrogens with zero attached hydrogens (tertiary/aromatic N) is 3. The van der Waals surface area contributed by atoms with Crippen molar-refractivity contribution in [2.45, 2.75) is 6.04 Å². The van der Waals surface area contributed by atoms with Crippen LogP contribution in [0.3, 0.4) is 0 Å². The lowest BCUT2D eigenvalue weighted by Crippen LogP contribution is -2.50. The lowest BCUT2D eigenvalue weighted by molar-refractivity contribution is -0.384. The number of nitro benzene ring substituents is 1. The normalized spacial score (nSPS) is 15.3. The monoisotopic (exact) mass is 416 g/mol. The molecule has 0 spiro atoms. The average molecular weight is 416 g/mol. The summed E-state index contributed by atoms with van der Waals surface area (Å²) >= 11 is 0. The maximum absolute atomic E-state index is 13.2. The highest BCUT2D eigenvalue weighted by Crippen LogP contribution is 2.26. The fourth-order valence-electron chi connectivity index (χ4n) is 3.92. The Morgan fingerprint density at radius 2 is 1.42 bits per heavy atom. The lowest BCUT2D eigenvalue weighted by atomic mass is 10.0. The Bertz CT molecular complexity index is 1020. The first-order valence-corrected chi connectivity index (χ1v) is 10.3. The van der Waals surface area contributed by atoms with E-state index >= 15 is 0 Å². The molecule has 1 saturated heterocycles. The second kappa shape index (κ2) is 9.40. The zero-order chi connectivity index (χ0) is 21.6. The second-order valence-electron chi connectivity index (χ2n) is 7.47. The van der Waals surface area contributed by atoms with Gasteiger partial charge in [-0.25, -0.2) is 0 Å². The molecule has 0 saturated carbocycles. The van der Waals surface area contributed by atoms with Gasteiger partial charge < -0.3 is 10.2 Å². The minimum absolute atomic E-state index is 0.0545. The number of amides is 1. The molecule has 4 rings (SSSR count). The number of nitro groups is 1. The zero-order valence-electron chi connectivity index (χ0n) is 17.1. The number of rotatable bonds is 6. The SMILES string of the molecule is O=C(Nc1ccccc1)C(c1ccccc1)N1CCN(c2ccc([N+](=O)[O-])cc2)CC1. The van der Waals surface area contributed by atoms with E-state index in [4.69, 9.17) is 0 Å². The van der Waals surface area contributed by atoms with Crippen LogP contribution in [0.2, 0.25) is 0 Å². The molecule has 0 bridgehead atoms. The molecule has 0 aromatic heterocycles. The molecule has 3 aromatic carbocycles. The van der Waals surface area contributed by atoms with Crippen molar-refractivity contribution in [3.8, 4) is 0 Å². The van der Waals surface area contributed by atoms with Crippen LogP contribution in [0, 0.1) is 10.1 Å². The van der Waals surface area contributed by atoms with Crippen LogP contribution in [-0.4, -0.2) is 41.9 Å². The predicted molar refractivity (Wildman–Crippen MR) is 121 cm³/mol. The Morgan fingerprint density at radius 1 is 0.839 bits per heavy atom. The van der Waals surface area contributed by atoms with Gasteiger partial charge in [-0.1, -0.05) is 48.5 Å². The number of anilines is 2. The molecule has 0 radical (unpaired) electrons. The van der Waals surface area contributed by atoms with E-state index in [1.54, 1.807) is 12.1 Å². The lowest BCUT2D eigenvalue weighted by Gasteiger charge is -2.39. The van der Waals surface area contributed by atoms with Gasteiger partial charge in [-0.05, 0) is 29.8 Å². The Kier molecular flexibility index (Phi) is 6.24. The fourth-order valence-corrected chi connectivity index (χ4v) is 3.92. The van der Waals surface area contributed by atoms with E-state index in [-0.39, 0.29) is 17.6 Å². The summed E-state index contributed by atoms with van der Waals surface area (Å²) in [6, 6.07) is 25.5. The van der Waals surface area contributed by atoms with Crippen molar-refractivity contribution >= 4 is 23.0 Å². The van der Waals surface area contributed by atoms with Crippen LogP contribution >= 0.6 is 0 Å². The van der Waals surface area contributed by atoms with Crippen molar-refractivity contribution in [2.75, 3.05) is 36.4 Å². The third-order valence-electron chi connectivity index (χ3n) is 5.51. The number of carbonyl (C=O) groups excluding carboxylic acids is 1. The van der Waals surface area contributed by atoms with Gasteiger partial charge in [0.25, 0.3) is 5.69 Å². The molecule has 31 heavy (non-hydrogen) atoms. The summed E-state index contributed by atoms with van der Waals surface area (Å²) in [5.41, 5.74) is 2.78. The number of nitrogens with one attached hydrogen (secondary N) is 1. The van der Waals surface area contributed by atoms with Crippen LogP contribution < -0.4 is 10.2 Å². The molecule has 7 nitrogen and oxygen atoms in total.